The summed E-state index contributed by atoms with van der Waals surface area (Å²) in [6.45, 7) is 3.38. The van der Waals surface area contributed by atoms with Gasteiger partial charge in [-0.25, -0.2) is 13.1 Å². The molecule has 0 bridgehead atoms. The lowest BCUT2D eigenvalue weighted by Crippen LogP contribution is -2.26. The molecule has 1 aromatic carbocycles. The molecule has 0 saturated carbocycles. The Kier molecular flexibility index (Phi) is 4.28. The molecule has 17 heavy (non-hydrogen) atoms. The van der Waals surface area contributed by atoms with Gasteiger partial charge in [0, 0.05) is 6.54 Å². The summed E-state index contributed by atoms with van der Waals surface area (Å²) in [5, 5.41) is 10.6. The monoisotopic (exact) mass is 274 g/mol. The number of aromatic carboxylic acids is 1. The molecule has 1 N–H and O–H groups in total. The van der Waals surface area contributed by atoms with Crippen molar-refractivity contribution in [1.82, 2.24) is 4.72 Å². The minimum Gasteiger partial charge on any atom is -0.545 e. The first-order valence-corrected chi connectivity index (χ1v) is 6.36. The molecular weight excluding hydrogens is 266 g/mol. The number of carbonyl (C=O) groups excluding carboxylic acids is 1. The van der Waals surface area contributed by atoms with Crippen LogP contribution in [0.4, 0.5) is 0 Å². The maximum absolute atomic E-state index is 11.7. The molecule has 0 unspecified atom stereocenters. The average Bonchev–Trinajstić information content (AvgIpc) is 2.26. The number of carboxylic acid groups (broad SMARTS) is 1. The molecule has 1 aromatic rings. The van der Waals surface area contributed by atoms with Gasteiger partial charge in [0.05, 0.1) is 11.0 Å². The summed E-state index contributed by atoms with van der Waals surface area (Å²) in [5.74, 6) is -1.47. The van der Waals surface area contributed by atoms with Crippen LogP contribution in [-0.4, -0.2) is 20.9 Å². The fourth-order valence-corrected chi connectivity index (χ4v) is 2.60. The molecule has 92 valence electrons. The van der Waals surface area contributed by atoms with Crippen LogP contribution < -0.4 is 9.83 Å². The standard InChI is InChI=1S/C10H10ClNO4S/c1-2-5-12-17(15,16)9-6-7(10(13)14)3-4-8(9)11/h2-4,6,12H,1,5H2,(H,13,14)/p-1. The zero-order valence-electron chi connectivity index (χ0n) is 8.64. The van der Waals surface area contributed by atoms with Crippen molar-refractivity contribution in [1.29, 1.82) is 0 Å². The van der Waals surface area contributed by atoms with Gasteiger partial charge in [0.15, 0.2) is 0 Å². The Morgan fingerprint density at radius 1 is 1.53 bits per heavy atom. The Balaban J connectivity index is 3.25. The van der Waals surface area contributed by atoms with E-state index in [9.17, 15) is 18.3 Å². The van der Waals surface area contributed by atoms with Crippen molar-refractivity contribution in [2.75, 3.05) is 6.54 Å². The maximum Gasteiger partial charge on any atom is 0.242 e. The van der Waals surface area contributed by atoms with Gasteiger partial charge in [-0.05, 0) is 17.7 Å². The number of carboxylic acids is 1. The zero-order valence-corrected chi connectivity index (χ0v) is 10.2. The van der Waals surface area contributed by atoms with Crippen LogP contribution >= 0.6 is 11.6 Å². The second kappa shape index (κ2) is 5.31. The van der Waals surface area contributed by atoms with Crippen LogP contribution in [0.25, 0.3) is 0 Å². The fourth-order valence-electron chi connectivity index (χ4n) is 1.08. The third-order valence-electron chi connectivity index (χ3n) is 1.87. The van der Waals surface area contributed by atoms with Gasteiger partial charge in [0.25, 0.3) is 0 Å². The van der Waals surface area contributed by atoms with Crippen LogP contribution in [0.1, 0.15) is 10.4 Å². The Morgan fingerprint density at radius 2 is 2.18 bits per heavy atom. The van der Waals surface area contributed by atoms with Crippen molar-refractivity contribution in [3.63, 3.8) is 0 Å². The molecule has 7 heteroatoms. The van der Waals surface area contributed by atoms with Crippen molar-refractivity contribution >= 4 is 27.6 Å². The lowest BCUT2D eigenvalue weighted by molar-refractivity contribution is -0.255. The lowest BCUT2D eigenvalue weighted by Gasteiger charge is -2.09. The highest BCUT2D eigenvalue weighted by atomic mass is 35.5. The molecule has 0 aromatic heterocycles. The maximum atomic E-state index is 11.7. The highest BCUT2D eigenvalue weighted by Gasteiger charge is 2.17. The number of hydrogen-bond donors (Lipinski definition) is 1. The highest BCUT2D eigenvalue weighted by molar-refractivity contribution is 7.89. The number of benzene rings is 1. The lowest BCUT2D eigenvalue weighted by atomic mass is 10.2. The molecule has 0 amide bonds. The molecule has 0 saturated heterocycles. The SMILES string of the molecule is C=CCNS(=O)(=O)c1cc(C(=O)[O-])ccc1Cl. The van der Waals surface area contributed by atoms with Gasteiger partial charge in [0.2, 0.25) is 10.0 Å². The van der Waals surface area contributed by atoms with Crippen molar-refractivity contribution in [2.24, 2.45) is 0 Å². The van der Waals surface area contributed by atoms with Crippen LogP contribution in [0.5, 0.6) is 0 Å². The van der Waals surface area contributed by atoms with Gasteiger partial charge in [-0.1, -0.05) is 23.7 Å². The molecule has 0 atom stereocenters. The van der Waals surface area contributed by atoms with E-state index in [2.05, 4.69) is 11.3 Å². The number of hydrogen-bond acceptors (Lipinski definition) is 4. The summed E-state index contributed by atoms with van der Waals surface area (Å²) < 4.78 is 25.6. The fraction of sp³-hybridized carbons (Fsp3) is 0.100. The van der Waals surface area contributed by atoms with E-state index < -0.39 is 16.0 Å². The number of sulfonamides is 1. The van der Waals surface area contributed by atoms with E-state index in [0.29, 0.717) is 0 Å². The number of nitrogens with one attached hydrogen (secondary N) is 1. The molecule has 0 aliphatic carbocycles. The smallest absolute Gasteiger partial charge is 0.242 e. The zero-order chi connectivity index (χ0) is 13.1. The Bertz CT molecular complexity index is 553. The van der Waals surface area contributed by atoms with Crippen LogP contribution in [-0.2, 0) is 10.0 Å². The average molecular weight is 275 g/mol. The van der Waals surface area contributed by atoms with Crippen LogP contribution in [0, 0.1) is 0 Å². The summed E-state index contributed by atoms with van der Waals surface area (Å²) in [6, 6.07) is 3.31. The summed E-state index contributed by atoms with van der Waals surface area (Å²) in [4.78, 5) is 10.3. The molecule has 0 aliphatic rings. The second-order valence-corrected chi connectivity index (χ2v) is 5.22. The van der Waals surface area contributed by atoms with Crippen molar-refractivity contribution < 1.29 is 18.3 Å². The van der Waals surface area contributed by atoms with E-state index >= 15 is 0 Å². The normalized spacial score (nSPS) is 11.1. The topological polar surface area (TPSA) is 86.3 Å². The number of halogens is 1. The predicted molar refractivity (Wildman–Crippen MR) is 61.2 cm³/mol. The summed E-state index contributed by atoms with van der Waals surface area (Å²) in [5.41, 5.74) is -0.256. The third-order valence-corrected chi connectivity index (χ3v) is 3.78. The molecule has 1 rings (SSSR count). The quantitative estimate of drug-likeness (QED) is 0.776. The first-order chi connectivity index (χ1) is 7.88. The first kappa shape index (κ1) is 13.7. The van der Waals surface area contributed by atoms with Gasteiger partial charge >= 0.3 is 0 Å². The molecule has 0 heterocycles. The van der Waals surface area contributed by atoms with Crippen LogP contribution in [0.3, 0.4) is 0 Å². The van der Waals surface area contributed by atoms with Crippen molar-refractivity contribution in [3.8, 4) is 0 Å². The Morgan fingerprint density at radius 3 is 2.71 bits per heavy atom. The molecule has 0 fully saturated rings. The van der Waals surface area contributed by atoms with Crippen molar-refractivity contribution in [2.45, 2.75) is 4.90 Å². The summed E-state index contributed by atoms with van der Waals surface area (Å²) in [7, 11) is -3.85. The van der Waals surface area contributed by atoms with E-state index in [1.54, 1.807) is 0 Å². The van der Waals surface area contributed by atoms with Gasteiger partial charge in [-0.3, -0.25) is 0 Å². The van der Waals surface area contributed by atoms with Gasteiger partial charge < -0.3 is 9.90 Å². The molecule has 0 aliphatic heterocycles. The first-order valence-electron chi connectivity index (χ1n) is 4.50. The van der Waals surface area contributed by atoms with Gasteiger partial charge in [0.1, 0.15) is 4.90 Å². The molecular formula is C10H9ClNO4S-. The molecule has 5 nitrogen and oxygen atoms in total. The van der Waals surface area contributed by atoms with Gasteiger partial charge in [-0.2, -0.15) is 0 Å². The second-order valence-electron chi connectivity index (χ2n) is 3.07. The number of rotatable bonds is 5. The predicted octanol–water partition coefficient (Wildman–Crippen LogP) is 0.168. The van der Waals surface area contributed by atoms with E-state index in [4.69, 9.17) is 11.6 Å². The Labute approximate surface area is 104 Å². The van der Waals surface area contributed by atoms with E-state index in [1.165, 1.54) is 18.2 Å². The minimum absolute atomic E-state index is 0.0220. The van der Waals surface area contributed by atoms with E-state index in [-0.39, 0.29) is 22.0 Å². The summed E-state index contributed by atoms with van der Waals surface area (Å²) >= 11 is 5.71. The summed E-state index contributed by atoms with van der Waals surface area (Å²) in [6.07, 6.45) is 1.36. The van der Waals surface area contributed by atoms with Crippen molar-refractivity contribution in [3.05, 3.63) is 41.4 Å². The number of carbonyl (C=O) groups is 1. The minimum atomic E-state index is -3.85. The third kappa shape index (κ3) is 3.29. The van der Waals surface area contributed by atoms with Crippen LogP contribution in [0.2, 0.25) is 5.02 Å². The van der Waals surface area contributed by atoms with Crippen LogP contribution in [0.15, 0.2) is 35.7 Å². The van der Waals surface area contributed by atoms with E-state index in [0.717, 1.165) is 6.07 Å². The Hall–Kier alpha value is -1.37. The molecule has 0 spiro atoms. The highest BCUT2D eigenvalue weighted by Crippen LogP contribution is 2.22. The molecule has 0 radical (unpaired) electrons. The van der Waals surface area contributed by atoms with E-state index in [1.807, 2.05) is 0 Å². The largest absolute Gasteiger partial charge is 0.545 e. The van der Waals surface area contributed by atoms with Gasteiger partial charge in [-0.15, -0.1) is 6.58 Å².